The highest BCUT2D eigenvalue weighted by molar-refractivity contribution is 6.03. The quantitative estimate of drug-likeness (QED) is 0.896. The van der Waals surface area contributed by atoms with Gasteiger partial charge in [-0.25, -0.2) is 0 Å². The van der Waals surface area contributed by atoms with Crippen molar-refractivity contribution in [2.45, 2.75) is 32.0 Å². The highest BCUT2D eigenvalue weighted by Crippen LogP contribution is 2.35. The second-order valence-corrected chi connectivity index (χ2v) is 5.56. The van der Waals surface area contributed by atoms with Crippen molar-refractivity contribution in [1.29, 1.82) is 0 Å². The number of amides is 1. The minimum Gasteiger partial charge on any atom is -0.322 e. The summed E-state index contributed by atoms with van der Waals surface area (Å²) in [6.07, 6.45) is 5.78. The minimum atomic E-state index is -0.129. The van der Waals surface area contributed by atoms with E-state index in [9.17, 15) is 4.79 Å². The SMILES string of the molecule is O=C(Nc1ccc2c(c1)CN(C1CC1)C2)c1cn[nH]c1. The van der Waals surface area contributed by atoms with Crippen molar-refractivity contribution in [2.24, 2.45) is 0 Å². The molecule has 4 rings (SSSR count). The number of aromatic amines is 1. The van der Waals surface area contributed by atoms with E-state index in [1.54, 1.807) is 6.20 Å². The molecule has 1 aliphatic carbocycles. The first-order valence-corrected chi connectivity index (χ1v) is 6.95. The first-order valence-electron chi connectivity index (χ1n) is 6.95. The summed E-state index contributed by atoms with van der Waals surface area (Å²) in [6.45, 7) is 2.06. The average Bonchev–Trinajstić information content (AvgIpc) is 3.00. The maximum Gasteiger partial charge on any atom is 0.258 e. The lowest BCUT2D eigenvalue weighted by Crippen LogP contribution is -2.18. The second kappa shape index (κ2) is 4.45. The molecule has 1 aliphatic heterocycles. The number of nitrogens with one attached hydrogen (secondary N) is 2. The van der Waals surface area contributed by atoms with Crippen LogP contribution in [-0.2, 0) is 13.1 Å². The number of aromatic nitrogens is 2. The molecule has 0 atom stereocenters. The van der Waals surface area contributed by atoms with Crippen molar-refractivity contribution in [2.75, 3.05) is 5.32 Å². The summed E-state index contributed by atoms with van der Waals surface area (Å²) in [7, 11) is 0. The lowest BCUT2D eigenvalue weighted by atomic mass is 10.1. The Hall–Kier alpha value is -2.14. The maximum atomic E-state index is 12.0. The van der Waals surface area contributed by atoms with E-state index in [1.807, 2.05) is 6.07 Å². The Bertz CT molecular complexity index is 646. The van der Waals surface area contributed by atoms with Crippen LogP contribution in [0.4, 0.5) is 5.69 Å². The molecule has 102 valence electrons. The summed E-state index contributed by atoms with van der Waals surface area (Å²) < 4.78 is 0. The monoisotopic (exact) mass is 268 g/mol. The van der Waals surface area contributed by atoms with Crippen molar-refractivity contribution < 1.29 is 4.79 Å². The van der Waals surface area contributed by atoms with E-state index in [-0.39, 0.29) is 5.91 Å². The van der Waals surface area contributed by atoms with Crippen LogP contribution in [-0.4, -0.2) is 27.0 Å². The number of rotatable bonds is 3. The van der Waals surface area contributed by atoms with Crippen LogP contribution in [0.15, 0.2) is 30.6 Å². The predicted molar refractivity (Wildman–Crippen MR) is 75.3 cm³/mol. The van der Waals surface area contributed by atoms with E-state index in [2.05, 4.69) is 32.5 Å². The fourth-order valence-corrected chi connectivity index (χ4v) is 2.77. The third-order valence-electron chi connectivity index (χ3n) is 4.03. The average molecular weight is 268 g/mol. The summed E-state index contributed by atoms with van der Waals surface area (Å²) in [6, 6.07) is 6.98. The topological polar surface area (TPSA) is 61.0 Å². The van der Waals surface area contributed by atoms with Crippen LogP contribution in [0.2, 0.25) is 0 Å². The summed E-state index contributed by atoms with van der Waals surface area (Å²) in [5, 5.41) is 9.35. The number of carbonyl (C=O) groups is 1. The predicted octanol–water partition coefficient (Wildman–Crippen LogP) is 2.14. The van der Waals surface area contributed by atoms with E-state index in [0.29, 0.717) is 5.56 Å². The zero-order valence-electron chi connectivity index (χ0n) is 11.1. The molecule has 0 unspecified atom stereocenters. The van der Waals surface area contributed by atoms with Gasteiger partial charge >= 0.3 is 0 Å². The smallest absolute Gasteiger partial charge is 0.258 e. The third kappa shape index (κ3) is 2.10. The molecule has 0 radical (unpaired) electrons. The molecule has 2 aliphatic rings. The Kier molecular flexibility index (Phi) is 2.60. The molecule has 2 heterocycles. The number of fused-ring (bicyclic) bond motifs is 1. The van der Waals surface area contributed by atoms with Crippen LogP contribution in [0.5, 0.6) is 0 Å². The molecule has 20 heavy (non-hydrogen) atoms. The molecule has 1 amide bonds. The molecule has 1 saturated carbocycles. The van der Waals surface area contributed by atoms with E-state index in [1.165, 1.54) is 30.2 Å². The van der Waals surface area contributed by atoms with Gasteiger partial charge < -0.3 is 5.32 Å². The number of carbonyl (C=O) groups excluding carboxylic acids is 1. The molecule has 1 aromatic carbocycles. The van der Waals surface area contributed by atoms with Crippen molar-refractivity contribution in [3.05, 3.63) is 47.3 Å². The number of H-pyrrole nitrogens is 1. The molecule has 2 aromatic rings. The standard InChI is InChI=1S/C15H16N4O/c20-15(12-6-16-17-7-12)18-13-2-1-10-8-19(14-3-4-14)9-11(10)5-13/h1-2,5-7,14H,3-4,8-9H2,(H,16,17)(H,18,20). The van der Waals surface area contributed by atoms with Crippen molar-refractivity contribution >= 4 is 11.6 Å². The summed E-state index contributed by atoms with van der Waals surface area (Å²) in [5.74, 6) is -0.129. The van der Waals surface area contributed by atoms with Gasteiger partial charge in [0.1, 0.15) is 0 Å². The van der Waals surface area contributed by atoms with Crippen LogP contribution >= 0.6 is 0 Å². The molecule has 5 nitrogen and oxygen atoms in total. The number of anilines is 1. The Labute approximate surface area is 117 Å². The Morgan fingerprint density at radius 1 is 1.30 bits per heavy atom. The molecule has 2 N–H and O–H groups in total. The van der Waals surface area contributed by atoms with Gasteiger partial charge in [-0.2, -0.15) is 5.10 Å². The molecule has 0 saturated heterocycles. The van der Waals surface area contributed by atoms with Gasteiger partial charge in [-0.3, -0.25) is 14.8 Å². The molecular formula is C15H16N4O. The van der Waals surface area contributed by atoms with Crippen LogP contribution in [0, 0.1) is 0 Å². The molecule has 0 spiro atoms. The number of benzene rings is 1. The number of nitrogens with zero attached hydrogens (tertiary/aromatic N) is 2. The molecule has 0 bridgehead atoms. The highest BCUT2D eigenvalue weighted by atomic mass is 16.1. The Balaban J connectivity index is 1.50. The normalized spacial score (nSPS) is 18.0. The van der Waals surface area contributed by atoms with Crippen LogP contribution < -0.4 is 5.32 Å². The fourth-order valence-electron chi connectivity index (χ4n) is 2.77. The zero-order chi connectivity index (χ0) is 13.5. The van der Waals surface area contributed by atoms with E-state index in [4.69, 9.17) is 0 Å². The first kappa shape index (κ1) is 11.7. The lowest BCUT2D eigenvalue weighted by molar-refractivity contribution is 0.102. The first-order chi connectivity index (χ1) is 9.79. The summed E-state index contributed by atoms with van der Waals surface area (Å²) in [5.41, 5.74) is 4.12. The number of hydrogen-bond acceptors (Lipinski definition) is 3. The molecule has 1 aromatic heterocycles. The van der Waals surface area contributed by atoms with Gasteiger partial charge in [-0.15, -0.1) is 0 Å². The lowest BCUT2D eigenvalue weighted by Gasteiger charge is -2.12. The van der Waals surface area contributed by atoms with Gasteiger partial charge in [-0.1, -0.05) is 6.07 Å². The second-order valence-electron chi connectivity index (χ2n) is 5.56. The highest BCUT2D eigenvalue weighted by Gasteiger charge is 2.32. The van der Waals surface area contributed by atoms with Gasteiger partial charge in [0.25, 0.3) is 5.91 Å². The van der Waals surface area contributed by atoms with Crippen molar-refractivity contribution in [3.63, 3.8) is 0 Å². The maximum absolute atomic E-state index is 12.0. The van der Waals surface area contributed by atoms with Gasteiger partial charge in [0.15, 0.2) is 0 Å². The van der Waals surface area contributed by atoms with E-state index in [0.717, 1.165) is 24.8 Å². The molecular weight excluding hydrogens is 252 g/mol. The van der Waals surface area contributed by atoms with Gasteiger partial charge in [0.2, 0.25) is 0 Å². The fraction of sp³-hybridized carbons (Fsp3) is 0.333. The summed E-state index contributed by atoms with van der Waals surface area (Å²) in [4.78, 5) is 14.5. The van der Waals surface area contributed by atoms with Gasteiger partial charge in [0, 0.05) is 31.0 Å². The third-order valence-corrected chi connectivity index (χ3v) is 4.03. The van der Waals surface area contributed by atoms with Crippen LogP contribution in [0.1, 0.15) is 34.3 Å². The van der Waals surface area contributed by atoms with Gasteiger partial charge in [0.05, 0.1) is 11.8 Å². The van der Waals surface area contributed by atoms with Crippen LogP contribution in [0.25, 0.3) is 0 Å². The summed E-state index contributed by atoms with van der Waals surface area (Å²) >= 11 is 0. The Morgan fingerprint density at radius 3 is 2.90 bits per heavy atom. The van der Waals surface area contributed by atoms with Crippen molar-refractivity contribution in [1.82, 2.24) is 15.1 Å². The minimum absolute atomic E-state index is 0.129. The molecule has 1 fully saturated rings. The van der Waals surface area contributed by atoms with Gasteiger partial charge in [-0.05, 0) is 36.1 Å². The van der Waals surface area contributed by atoms with Crippen molar-refractivity contribution in [3.8, 4) is 0 Å². The largest absolute Gasteiger partial charge is 0.322 e. The zero-order valence-corrected chi connectivity index (χ0v) is 11.1. The number of hydrogen-bond donors (Lipinski definition) is 2. The van der Waals surface area contributed by atoms with E-state index < -0.39 is 0 Å². The van der Waals surface area contributed by atoms with E-state index >= 15 is 0 Å². The molecule has 5 heteroatoms. The Morgan fingerprint density at radius 2 is 2.15 bits per heavy atom. The van der Waals surface area contributed by atoms with Crippen LogP contribution in [0.3, 0.4) is 0 Å².